The summed E-state index contributed by atoms with van der Waals surface area (Å²) in [7, 11) is 0. The molecule has 2 fully saturated rings. The molecule has 5 heteroatoms. The molecule has 0 bridgehead atoms. The molecule has 2 rings (SSSR count). The fourth-order valence-electron chi connectivity index (χ4n) is 4.41. The first-order valence-electron chi connectivity index (χ1n) is 8.78. The van der Waals surface area contributed by atoms with Crippen LogP contribution in [0.25, 0.3) is 0 Å². The Labute approximate surface area is 141 Å². The molecule has 0 saturated carbocycles. The van der Waals surface area contributed by atoms with Crippen LogP contribution in [-0.2, 0) is 0 Å². The van der Waals surface area contributed by atoms with E-state index < -0.39 is 0 Å². The summed E-state index contributed by atoms with van der Waals surface area (Å²) in [4.78, 5) is 2.55. The molecule has 2 aliphatic rings. The smallest absolute Gasteiger partial charge is 0.166 e. The largest absolute Gasteiger partial charge is 0.361 e. The van der Waals surface area contributed by atoms with Crippen LogP contribution in [0.1, 0.15) is 60.3 Å². The fraction of sp³-hybridized carbons (Fsp3) is 0.941. The van der Waals surface area contributed by atoms with E-state index in [9.17, 15) is 0 Å². The topological polar surface area (TPSA) is 39.3 Å². The van der Waals surface area contributed by atoms with E-state index in [1.807, 2.05) is 0 Å². The molecule has 0 aromatic carbocycles. The van der Waals surface area contributed by atoms with Crippen LogP contribution < -0.4 is 16.0 Å². The van der Waals surface area contributed by atoms with Gasteiger partial charge in [0.15, 0.2) is 5.11 Å². The number of nitrogens with one attached hydrogen (secondary N) is 3. The zero-order chi connectivity index (χ0) is 16.4. The molecule has 4 nitrogen and oxygen atoms in total. The number of hydrogen-bond donors (Lipinski definition) is 3. The monoisotopic (exact) mass is 326 g/mol. The van der Waals surface area contributed by atoms with Gasteiger partial charge in [0.25, 0.3) is 0 Å². The molecule has 0 unspecified atom stereocenters. The Morgan fingerprint density at radius 2 is 1.86 bits per heavy atom. The standard InChI is InChI=1S/C17H34N4S/c1-6-21-9-7-8-14(21)12-18-15(22)19-13-10-16(2,3)20-17(4,5)11-13/h13-14,20H,6-12H2,1-5H3,(H2,18,19,22)/t14-/m0/s1. The van der Waals surface area contributed by atoms with Crippen LogP contribution in [0, 0.1) is 0 Å². The minimum absolute atomic E-state index is 0.152. The van der Waals surface area contributed by atoms with Crippen LogP contribution in [0.4, 0.5) is 0 Å². The van der Waals surface area contributed by atoms with Crippen molar-refractivity contribution in [1.29, 1.82) is 0 Å². The zero-order valence-electron chi connectivity index (χ0n) is 15.0. The summed E-state index contributed by atoms with van der Waals surface area (Å²) in [5.74, 6) is 0. The molecule has 0 aliphatic carbocycles. The average molecular weight is 327 g/mol. The second kappa shape index (κ2) is 7.02. The molecule has 1 atom stereocenters. The Kier molecular flexibility index (Phi) is 5.73. The predicted molar refractivity (Wildman–Crippen MR) is 98.3 cm³/mol. The summed E-state index contributed by atoms with van der Waals surface area (Å²) >= 11 is 5.53. The van der Waals surface area contributed by atoms with E-state index in [1.54, 1.807) is 0 Å². The van der Waals surface area contributed by atoms with Crippen LogP contribution in [0.3, 0.4) is 0 Å². The van der Waals surface area contributed by atoms with Crippen molar-refractivity contribution < 1.29 is 0 Å². The van der Waals surface area contributed by atoms with Crippen molar-refractivity contribution in [2.45, 2.75) is 83.5 Å². The van der Waals surface area contributed by atoms with Crippen molar-refractivity contribution in [1.82, 2.24) is 20.9 Å². The molecule has 0 amide bonds. The van der Waals surface area contributed by atoms with E-state index in [-0.39, 0.29) is 11.1 Å². The minimum Gasteiger partial charge on any atom is -0.361 e. The summed E-state index contributed by atoms with van der Waals surface area (Å²) in [6, 6.07) is 1.09. The molecule has 2 aliphatic heterocycles. The summed E-state index contributed by atoms with van der Waals surface area (Å²) in [5, 5.41) is 11.5. The van der Waals surface area contributed by atoms with Crippen molar-refractivity contribution in [2.24, 2.45) is 0 Å². The molecule has 2 heterocycles. The lowest BCUT2D eigenvalue weighted by atomic mass is 9.80. The third-order valence-corrected chi connectivity index (χ3v) is 5.19. The van der Waals surface area contributed by atoms with Gasteiger partial charge in [-0.2, -0.15) is 0 Å². The number of likely N-dealkylation sites (tertiary alicyclic amines) is 1. The maximum absolute atomic E-state index is 5.53. The molecule has 3 N–H and O–H groups in total. The molecule has 128 valence electrons. The quantitative estimate of drug-likeness (QED) is 0.691. The fourth-order valence-corrected chi connectivity index (χ4v) is 4.66. The lowest BCUT2D eigenvalue weighted by Gasteiger charge is -2.46. The highest BCUT2D eigenvalue weighted by Crippen LogP contribution is 2.28. The van der Waals surface area contributed by atoms with Crippen molar-refractivity contribution in [3.05, 3.63) is 0 Å². The van der Waals surface area contributed by atoms with E-state index >= 15 is 0 Å². The summed E-state index contributed by atoms with van der Waals surface area (Å²) in [6.45, 7) is 14.7. The molecule has 0 aromatic heterocycles. The van der Waals surface area contributed by atoms with Gasteiger partial charge in [0.1, 0.15) is 0 Å². The van der Waals surface area contributed by atoms with Gasteiger partial charge in [-0.25, -0.2) is 0 Å². The summed E-state index contributed by atoms with van der Waals surface area (Å²) in [6.07, 6.45) is 4.81. The molecule has 0 radical (unpaired) electrons. The predicted octanol–water partition coefficient (Wildman–Crippen LogP) is 2.24. The third-order valence-electron chi connectivity index (χ3n) is 4.93. The second-order valence-electron chi connectivity index (χ2n) is 8.28. The first-order valence-corrected chi connectivity index (χ1v) is 9.19. The SMILES string of the molecule is CCN1CCC[C@H]1CNC(=S)NC1CC(C)(C)NC(C)(C)C1. The molecule has 0 aromatic rings. The zero-order valence-corrected chi connectivity index (χ0v) is 15.8. The number of piperidine rings is 1. The van der Waals surface area contributed by atoms with Crippen molar-refractivity contribution >= 4 is 17.3 Å². The van der Waals surface area contributed by atoms with Gasteiger partial charge in [0.05, 0.1) is 0 Å². The van der Waals surface area contributed by atoms with Gasteiger partial charge in [-0.3, -0.25) is 4.90 Å². The van der Waals surface area contributed by atoms with Gasteiger partial charge in [-0.05, 0) is 78.7 Å². The van der Waals surface area contributed by atoms with E-state index in [0.717, 1.165) is 31.0 Å². The lowest BCUT2D eigenvalue weighted by molar-refractivity contribution is 0.155. The second-order valence-corrected chi connectivity index (χ2v) is 8.69. The van der Waals surface area contributed by atoms with E-state index in [0.29, 0.717) is 12.1 Å². The highest BCUT2D eigenvalue weighted by atomic mass is 32.1. The maximum atomic E-state index is 5.53. The van der Waals surface area contributed by atoms with Gasteiger partial charge in [0.2, 0.25) is 0 Å². The Hall–Kier alpha value is -0.390. The molecular weight excluding hydrogens is 292 g/mol. The van der Waals surface area contributed by atoms with Crippen LogP contribution in [0.15, 0.2) is 0 Å². The number of nitrogens with zero attached hydrogens (tertiary/aromatic N) is 1. The van der Waals surface area contributed by atoms with Crippen LogP contribution >= 0.6 is 12.2 Å². The van der Waals surface area contributed by atoms with Gasteiger partial charge in [-0.15, -0.1) is 0 Å². The third kappa shape index (κ3) is 5.07. The molecule has 0 spiro atoms. The number of rotatable bonds is 4. The highest BCUT2D eigenvalue weighted by molar-refractivity contribution is 7.80. The Morgan fingerprint density at radius 1 is 1.23 bits per heavy atom. The Bertz CT molecular complexity index is 378. The number of likely N-dealkylation sites (N-methyl/N-ethyl adjacent to an activating group) is 1. The van der Waals surface area contributed by atoms with Gasteiger partial charge >= 0.3 is 0 Å². The molecule has 2 saturated heterocycles. The van der Waals surface area contributed by atoms with Crippen LogP contribution in [0.2, 0.25) is 0 Å². The van der Waals surface area contributed by atoms with Crippen molar-refractivity contribution in [3.63, 3.8) is 0 Å². The highest BCUT2D eigenvalue weighted by Gasteiger charge is 2.37. The Balaban J connectivity index is 1.79. The first kappa shape index (κ1) is 18.0. The van der Waals surface area contributed by atoms with Crippen molar-refractivity contribution in [2.75, 3.05) is 19.6 Å². The number of thiocarbonyl (C=S) groups is 1. The van der Waals surface area contributed by atoms with Gasteiger partial charge in [-0.1, -0.05) is 6.92 Å². The van der Waals surface area contributed by atoms with E-state index in [4.69, 9.17) is 12.2 Å². The molecule has 22 heavy (non-hydrogen) atoms. The number of hydrogen-bond acceptors (Lipinski definition) is 3. The summed E-state index contributed by atoms with van der Waals surface area (Å²) < 4.78 is 0. The van der Waals surface area contributed by atoms with Crippen LogP contribution in [0.5, 0.6) is 0 Å². The Morgan fingerprint density at radius 3 is 2.45 bits per heavy atom. The molecular formula is C17H34N4S. The van der Waals surface area contributed by atoms with Crippen molar-refractivity contribution in [3.8, 4) is 0 Å². The maximum Gasteiger partial charge on any atom is 0.166 e. The summed E-state index contributed by atoms with van der Waals surface area (Å²) in [5.41, 5.74) is 0.305. The normalized spacial score (nSPS) is 28.5. The lowest BCUT2D eigenvalue weighted by Crippen LogP contribution is -2.62. The average Bonchev–Trinajstić information content (AvgIpc) is 2.79. The minimum atomic E-state index is 0.152. The van der Waals surface area contributed by atoms with E-state index in [1.165, 1.54) is 19.4 Å². The van der Waals surface area contributed by atoms with E-state index in [2.05, 4.69) is 55.5 Å². The van der Waals surface area contributed by atoms with Gasteiger partial charge < -0.3 is 16.0 Å². The van der Waals surface area contributed by atoms with Gasteiger partial charge in [0, 0.05) is 29.7 Å². The van der Waals surface area contributed by atoms with Crippen LogP contribution in [-0.4, -0.2) is 52.8 Å². The first-order chi connectivity index (χ1) is 10.2.